The first-order valence-electron chi connectivity index (χ1n) is 5.90. The zero-order valence-electron chi connectivity index (χ0n) is 10.8. The van der Waals surface area contributed by atoms with Crippen molar-refractivity contribution in [2.24, 2.45) is 5.73 Å². The molecular formula is C13H18N2O4. The number of benzene rings is 1. The SMILES string of the molecule is C[C@H](N)C(=O)NCOCC(=O)OCc1ccccc1. The Morgan fingerprint density at radius 3 is 2.63 bits per heavy atom. The van der Waals surface area contributed by atoms with Gasteiger partial charge in [-0.15, -0.1) is 0 Å². The molecule has 1 amide bonds. The average Bonchev–Trinajstić information content (AvgIpc) is 2.42. The number of nitrogens with two attached hydrogens (primary N) is 1. The van der Waals surface area contributed by atoms with Gasteiger partial charge in [0.05, 0.1) is 6.04 Å². The first kappa shape index (κ1) is 15.1. The molecule has 6 nitrogen and oxygen atoms in total. The predicted molar refractivity (Wildman–Crippen MR) is 68.8 cm³/mol. The van der Waals surface area contributed by atoms with Crippen LogP contribution in [0.3, 0.4) is 0 Å². The summed E-state index contributed by atoms with van der Waals surface area (Å²) in [5, 5.41) is 2.42. The summed E-state index contributed by atoms with van der Waals surface area (Å²) in [6.45, 7) is 1.48. The molecular weight excluding hydrogens is 248 g/mol. The van der Waals surface area contributed by atoms with E-state index in [9.17, 15) is 9.59 Å². The second-order valence-corrected chi connectivity index (χ2v) is 3.97. The van der Waals surface area contributed by atoms with Gasteiger partial charge in [-0.05, 0) is 12.5 Å². The Labute approximate surface area is 111 Å². The molecule has 0 aliphatic rings. The highest BCUT2D eigenvalue weighted by Gasteiger charge is 2.07. The molecule has 0 heterocycles. The molecule has 1 aromatic carbocycles. The summed E-state index contributed by atoms with van der Waals surface area (Å²) in [5.74, 6) is -0.823. The number of carbonyl (C=O) groups is 2. The fraction of sp³-hybridized carbons (Fsp3) is 0.385. The Kier molecular flexibility index (Phi) is 6.56. The van der Waals surface area contributed by atoms with E-state index in [2.05, 4.69) is 5.32 Å². The molecule has 1 rings (SSSR count). The number of hydrogen-bond donors (Lipinski definition) is 2. The largest absolute Gasteiger partial charge is 0.459 e. The predicted octanol–water partition coefficient (Wildman–Crippen LogP) is 0.167. The normalized spacial score (nSPS) is 11.7. The third-order valence-corrected chi connectivity index (χ3v) is 2.22. The first-order valence-corrected chi connectivity index (χ1v) is 5.90. The smallest absolute Gasteiger partial charge is 0.332 e. The van der Waals surface area contributed by atoms with Crippen LogP contribution in [0.1, 0.15) is 12.5 Å². The Morgan fingerprint density at radius 2 is 2.00 bits per heavy atom. The molecule has 0 unspecified atom stereocenters. The van der Waals surface area contributed by atoms with Crippen LogP contribution in [0.25, 0.3) is 0 Å². The lowest BCUT2D eigenvalue weighted by atomic mass is 10.2. The van der Waals surface area contributed by atoms with E-state index in [1.807, 2.05) is 30.3 Å². The molecule has 6 heteroatoms. The summed E-state index contributed by atoms with van der Waals surface area (Å²) >= 11 is 0. The van der Waals surface area contributed by atoms with Gasteiger partial charge in [0, 0.05) is 0 Å². The molecule has 0 bridgehead atoms. The van der Waals surface area contributed by atoms with Crippen LogP contribution in [0.15, 0.2) is 30.3 Å². The first-order chi connectivity index (χ1) is 9.09. The highest BCUT2D eigenvalue weighted by Crippen LogP contribution is 2.00. The standard InChI is InChI=1S/C13H18N2O4/c1-10(14)13(17)15-9-18-8-12(16)19-7-11-5-3-2-4-6-11/h2-6,10H,7-9,14H2,1H3,(H,15,17)/t10-/m0/s1. The maximum absolute atomic E-state index is 11.3. The summed E-state index contributed by atoms with van der Waals surface area (Å²) in [6.07, 6.45) is 0. The van der Waals surface area contributed by atoms with Crippen LogP contribution < -0.4 is 11.1 Å². The number of esters is 1. The molecule has 19 heavy (non-hydrogen) atoms. The van der Waals surface area contributed by atoms with Crippen LogP contribution in [-0.2, 0) is 25.7 Å². The minimum Gasteiger partial charge on any atom is -0.459 e. The van der Waals surface area contributed by atoms with E-state index in [1.54, 1.807) is 6.92 Å². The molecule has 0 aromatic heterocycles. The minimum atomic E-state index is -0.603. The molecule has 0 saturated carbocycles. The maximum atomic E-state index is 11.3. The number of carbonyl (C=O) groups excluding carboxylic acids is 2. The number of hydrogen-bond acceptors (Lipinski definition) is 5. The fourth-order valence-electron chi connectivity index (χ4n) is 1.20. The van der Waals surface area contributed by atoms with Crippen molar-refractivity contribution in [2.45, 2.75) is 19.6 Å². The van der Waals surface area contributed by atoms with Crippen molar-refractivity contribution in [3.8, 4) is 0 Å². The average molecular weight is 266 g/mol. The monoisotopic (exact) mass is 266 g/mol. The van der Waals surface area contributed by atoms with Gasteiger partial charge in [-0.2, -0.15) is 0 Å². The van der Waals surface area contributed by atoms with E-state index in [4.69, 9.17) is 15.2 Å². The second-order valence-electron chi connectivity index (χ2n) is 3.97. The molecule has 0 aliphatic heterocycles. The third-order valence-electron chi connectivity index (χ3n) is 2.22. The molecule has 1 aromatic rings. The quantitative estimate of drug-likeness (QED) is 0.417. The van der Waals surface area contributed by atoms with Crippen molar-refractivity contribution in [1.29, 1.82) is 0 Å². The van der Waals surface area contributed by atoms with E-state index in [1.165, 1.54) is 0 Å². The zero-order chi connectivity index (χ0) is 14.1. The Hall–Kier alpha value is -1.92. The summed E-state index contributed by atoms with van der Waals surface area (Å²) in [4.78, 5) is 22.4. The van der Waals surface area contributed by atoms with Gasteiger partial charge in [-0.1, -0.05) is 30.3 Å². The number of nitrogens with one attached hydrogen (secondary N) is 1. The van der Waals surface area contributed by atoms with Crippen LogP contribution in [0.2, 0.25) is 0 Å². The lowest BCUT2D eigenvalue weighted by Gasteiger charge is -2.08. The molecule has 0 fully saturated rings. The van der Waals surface area contributed by atoms with Gasteiger partial charge in [-0.25, -0.2) is 4.79 Å². The van der Waals surface area contributed by atoms with Gasteiger partial charge >= 0.3 is 5.97 Å². The highest BCUT2D eigenvalue weighted by molar-refractivity contribution is 5.80. The Balaban J connectivity index is 2.10. The minimum absolute atomic E-state index is 0.0686. The van der Waals surface area contributed by atoms with Crippen molar-refractivity contribution in [2.75, 3.05) is 13.3 Å². The van der Waals surface area contributed by atoms with Gasteiger partial charge in [0.15, 0.2) is 0 Å². The summed E-state index contributed by atoms with van der Waals surface area (Å²) in [7, 11) is 0. The van der Waals surface area contributed by atoms with E-state index in [0.29, 0.717) is 0 Å². The fourth-order valence-corrected chi connectivity index (χ4v) is 1.20. The van der Waals surface area contributed by atoms with Crippen LogP contribution in [0.4, 0.5) is 0 Å². The van der Waals surface area contributed by atoms with Gasteiger partial charge in [0.1, 0.15) is 19.9 Å². The molecule has 0 spiro atoms. The maximum Gasteiger partial charge on any atom is 0.332 e. The Morgan fingerprint density at radius 1 is 1.32 bits per heavy atom. The van der Waals surface area contributed by atoms with Gasteiger partial charge < -0.3 is 20.5 Å². The van der Waals surface area contributed by atoms with Crippen molar-refractivity contribution in [1.82, 2.24) is 5.32 Å². The van der Waals surface area contributed by atoms with E-state index < -0.39 is 12.0 Å². The van der Waals surface area contributed by atoms with E-state index >= 15 is 0 Å². The van der Waals surface area contributed by atoms with Crippen molar-refractivity contribution < 1.29 is 19.1 Å². The van der Waals surface area contributed by atoms with E-state index in [-0.39, 0.29) is 25.9 Å². The molecule has 104 valence electrons. The van der Waals surface area contributed by atoms with Gasteiger partial charge in [0.25, 0.3) is 0 Å². The summed E-state index contributed by atoms with van der Waals surface area (Å²) in [6, 6.07) is 8.73. The lowest BCUT2D eigenvalue weighted by Crippen LogP contribution is -2.39. The van der Waals surface area contributed by atoms with Crippen LogP contribution in [-0.4, -0.2) is 31.3 Å². The van der Waals surface area contributed by atoms with Crippen LogP contribution in [0, 0.1) is 0 Å². The number of rotatable bonds is 7. The highest BCUT2D eigenvalue weighted by atomic mass is 16.6. The third kappa shape index (κ3) is 6.54. The number of ether oxygens (including phenoxy) is 2. The van der Waals surface area contributed by atoms with Crippen molar-refractivity contribution in [3.05, 3.63) is 35.9 Å². The second kappa shape index (κ2) is 8.23. The molecule has 0 radical (unpaired) electrons. The summed E-state index contributed by atoms with van der Waals surface area (Å²) in [5.41, 5.74) is 6.23. The Bertz CT molecular complexity index is 406. The molecule has 0 saturated heterocycles. The van der Waals surface area contributed by atoms with Crippen molar-refractivity contribution >= 4 is 11.9 Å². The van der Waals surface area contributed by atoms with Gasteiger partial charge in [-0.3, -0.25) is 4.79 Å². The van der Waals surface area contributed by atoms with Gasteiger partial charge in [0.2, 0.25) is 5.91 Å². The topological polar surface area (TPSA) is 90.7 Å². The van der Waals surface area contributed by atoms with E-state index in [0.717, 1.165) is 5.56 Å². The molecule has 0 aliphatic carbocycles. The zero-order valence-corrected chi connectivity index (χ0v) is 10.8. The van der Waals surface area contributed by atoms with Crippen LogP contribution in [0.5, 0.6) is 0 Å². The lowest BCUT2D eigenvalue weighted by molar-refractivity contribution is -0.151. The number of amides is 1. The summed E-state index contributed by atoms with van der Waals surface area (Å²) < 4.78 is 9.92. The van der Waals surface area contributed by atoms with Crippen molar-refractivity contribution in [3.63, 3.8) is 0 Å². The molecule has 3 N–H and O–H groups in total. The molecule has 1 atom stereocenters. The van der Waals surface area contributed by atoms with Crippen LogP contribution >= 0.6 is 0 Å².